The maximum absolute atomic E-state index is 11.3. The molecule has 1 rings (SSSR count). The van der Waals surface area contributed by atoms with Gasteiger partial charge in [0.15, 0.2) is 0 Å². The monoisotopic (exact) mass is 242 g/mol. The van der Waals surface area contributed by atoms with Gasteiger partial charge in [0.2, 0.25) is 5.91 Å². The summed E-state index contributed by atoms with van der Waals surface area (Å²) in [5.74, 6) is -0.426. The van der Waals surface area contributed by atoms with E-state index in [2.05, 4.69) is 23.8 Å². The smallest absolute Gasteiger partial charge is 0.238 e. The molecule has 5 nitrogen and oxygen atoms in total. The molecule has 100 valence electrons. The largest absolute Gasteiger partial charge is 0.368 e. The quantitative estimate of drug-likeness (QED) is 0.704. The molecular formula is C12H26N4O. The number of nitrogens with zero attached hydrogens (tertiary/aromatic N) is 2. The summed E-state index contributed by atoms with van der Waals surface area (Å²) in [6, 6.07) is 0.463. The zero-order valence-corrected chi connectivity index (χ0v) is 11.3. The Morgan fingerprint density at radius 3 is 2.65 bits per heavy atom. The number of primary amides is 1. The first-order chi connectivity index (χ1) is 7.86. The predicted octanol–water partition coefficient (Wildman–Crippen LogP) is -0.395. The van der Waals surface area contributed by atoms with Gasteiger partial charge in [0, 0.05) is 19.1 Å². The summed E-state index contributed by atoms with van der Waals surface area (Å²) >= 11 is 0. The topological polar surface area (TPSA) is 75.6 Å². The fourth-order valence-corrected chi connectivity index (χ4v) is 2.39. The first-order valence-corrected chi connectivity index (χ1v) is 6.38. The van der Waals surface area contributed by atoms with E-state index in [0.717, 1.165) is 32.5 Å². The minimum Gasteiger partial charge on any atom is -0.368 e. The number of rotatable bonds is 4. The van der Waals surface area contributed by atoms with Crippen molar-refractivity contribution in [2.75, 3.05) is 33.2 Å². The average Bonchev–Trinajstić information content (AvgIpc) is 2.39. The second-order valence-corrected chi connectivity index (χ2v) is 5.43. The maximum atomic E-state index is 11.3. The Kier molecular flexibility index (Phi) is 4.91. The Hall–Kier alpha value is -0.650. The van der Waals surface area contributed by atoms with Crippen LogP contribution in [0, 0.1) is 0 Å². The molecule has 1 amide bonds. The van der Waals surface area contributed by atoms with E-state index < -0.39 is 11.4 Å². The SMILES string of the molecule is CCC1CN(C)CCCN1CC(C)(N)C(N)=O. The molecule has 2 atom stereocenters. The lowest BCUT2D eigenvalue weighted by Crippen LogP contribution is -2.58. The van der Waals surface area contributed by atoms with Crippen LogP contribution >= 0.6 is 0 Å². The van der Waals surface area contributed by atoms with E-state index in [4.69, 9.17) is 11.5 Å². The van der Waals surface area contributed by atoms with Gasteiger partial charge < -0.3 is 16.4 Å². The molecule has 5 heteroatoms. The molecule has 2 unspecified atom stereocenters. The molecule has 0 bridgehead atoms. The van der Waals surface area contributed by atoms with Gasteiger partial charge in [-0.3, -0.25) is 9.69 Å². The van der Waals surface area contributed by atoms with Crippen molar-refractivity contribution in [3.63, 3.8) is 0 Å². The van der Waals surface area contributed by atoms with Crippen LogP contribution in [0.1, 0.15) is 26.7 Å². The van der Waals surface area contributed by atoms with Gasteiger partial charge in [0.1, 0.15) is 5.54 Å². The van der Waals surface area contributed by atoms with Crippen LogP contribution in [0.3, 0.4) is 0 Å². The van der Waals surface area contributed by atoms with Crippen LogP contribution in [0.2, 0.25) is 0 Å². The number of amides is 1. The molecule has 0 aromatic heterocycles. The van der Waals surface area contributed by atoms with Crippen LogP contribution < -0.4 is 11.5 Å². The zero-order valence-electron chi connectivity index (χ0n) is 11.3. The molecule has 1 aliphatic rings. The molecule has 4 N–H and O–H groups in total. The molecule has 0 saturated carbocycles. The molecule has 0 aromatic rings. The number of hydrogen-bond donors (Lipinski definition) is 2. The third-order valence-electron chi connectivity index (χ3n) is 3.59. The van der Waals surface area contributed by atoms with Crippen molar-refractivity contribution in [3.05, 3.63) is 0 Å². The normalized spacial score (nSPS) is 27.4. The van der Waals surface area contributed by atoms with Crippen molar-refractivity contribution in [1.29, 1.82) is 0 Å². The third kappa shape index (κ3) is 3.94. The second-order valence-electron chi connectivity index (χ2n) is 5.43. The van der Waals surface area contributed by atoms with Gasteiger partial charge in [0.05, 0.1) is 0 Å². The van der Waals surface area contributed by atoms with E-state index in [1.54, 1.807) is 6.92 Å². The lowest BCUT2D eigenvalue weighted by molar-refractivity contribution is -0.123. The Labute approximate surface area is 104 Å². The Balaban J connectivity index is 2.69. The van der Waals surface area contributed by atoms with Crippen molar-refractivity contribution in [1.82, 2.24) is 9.80 Å². The first-order valence-electron chi connectivity index (χ1n) is 6.38. The van der Waals surface area contributed by atoms with Crippen molar-refractivity contribution in [2.45, 2.75) is 38.3 Å². The van der Waals surface area contributed by atoms with Crippen molar-refractivity contribution < 1.29 is 4.79 Å². The van der Waals surface area contributed by atoms with E-state index in [1.165, 1.54) is 0 Å². The van der Waals surface area contributed by atoms with Crippen molar-refractivity contribution in [2.24, 2.45) is 11.5 Å². The van der Waals surface area contributed by atoms with Crippen LogP contribution in [0.25, 0.3) is 0 Å². The fourth-order valence-electron chi connectivity index (χ4n) is 2.39. The van der Waals surface area contributed by atoms with Gasteiger partial charge in [-0.25, -0.2) is 0 Å². The van der Waals surface area contributed by atoms with Crippen molar-refractivity contribution >= 4 is 5.91 Å². The molecule has 1 saturated heterocycles. The van der Waals surface area contributed by atoms with E-state index >= 15 is 0 Å². The second kappa shape index (κ2) is 5.80. The Morgan fingerprint density at radius 1 is 1.47 bits per heavy atom. The first kappa shape index (κ1) is 14.4. The number of likely N-dealkylation sites (N-methyl/N-ethyl adjacent to an activating group) is 1. The number of carbonyl (C=O) groups excluding carboxylic acids is 1. The van der Waals surface area contributed by atoms with E-state index in [9.17, 15) is 4.79 Å². The molecule has 1 heterocycles. The molecule has 0 aromatic carbocycles. The molecule has 0 spiro atoms. The van der Waals surface area contributed by atoms with Crippen LogP contribution in [0.15, 0.2) is 0 Å². The maximum Gasteiger partial charge on any atom is 0.238 e. The highest BCUT2D eigenvalue weighted by Crippen LogP contribution is 2.14. The summed E-state index contributed by atoms with van der Waals surface area (Å²) in [6.07, 6.45) is 2.18. The molecular weight excluding hydrogens is 216 g/mol. The van der Waals surface area contributed by atoms with Gasteiger partial charge in [-0.15, -0.1) is 0 Å². The number of hydrogen-bond acceptors (Lipinski definition) is 4. The van der Waals surface area contributed by atoms with E-state index in [0.29, 0.717) is 12.6 Å². The predicted molar refractivity (Wildman–Crippen MR) is 69.6 cm³/mol. The number of nitrogens with two attached hydrogens (primary N) is 2. The van der Waals surface area contributed by atoms with Gasteiger partial charge in [-0.1, -0.05) is 6.92 Å². The highest BCUT2D eigenvalue weighted by molar-refractivity contribution is 5.84. The summed E-state index contributed by atoms with van der Waals surface area (Å²) in [7, 11) is 2.14. The molecule has 1 aliphatic heterocycles. The van der Waals surface area contributed by atoms with Crippen molar-refractivity contribution in [3.8, 4) is 0 Å². The zero-order chi connectivity index (χ0) is 13.1. The molecule has 17 heavy (non-hydrogen) atoms. The third-order valence-corrected chi connectivity index (χ3v) is 3.59. The summed E-state index contributed by atoms with van der Waals surface area (Å²) in [5, 5.41) is 0. The lowest BCUT2D eigenvalue weighted by atomic mass is 10.0. The molecule has 0 aliphatic carbocycles. The summed E-state index contributed by atoms with van der Waals surface area (Å²) < 4.78 is 0. The average molecular weight is 242 g/mol. The minimum absolute atomic E-state index is 0.426. The van der Waals surface area contributed by atoms with E-state index in [-0.39, 0.29) is 0 Å². The minimum atomic E-state index is -0.934. The van der Waals surface area contributed by atoms with Crippen LogP contribution in [0.5, 0.6) is 0 Å². The lowest BCUT2D eigenvalue weighted by Gasteiger charge is -2.35. The summed E-state index contributed by atoms with van der Waals surface area (Å²) in [6.45, 7) is 7.57. The molecule has 1 fully saturated rings. The van der Waals surface area contributed by atoms with E-state index in [1.807, 2.05) is 0 Å². The Morgan fingerprint density at radius 2 is 2.12 bits per heavy atom. The standard InChI is InChI=1S/C12H26N4O/c1-4-10-8-15(3)6-5-7-16(10)9-12(2,14)11(13)17/h10H,4-9,14H2,1-3H3,(H2,13,17). The highest BCUT2D eigenvalue weighted by Gasteiger charge is 2.32. The summed E-state index contributed by atoms with van der Waals surface area (Å²) in [5.41, 5.74) is 10.4. The highest BCUT2D eigenvalue weighted by atomic mass is 16.1. The van der Waals surface area contributed by atoms with Gasteiger partial charge >= 0.3 is 0 Å². The van der Waals surface area contributed by atoms with Gasteiger partial charge in [-0.05, 0) is 39.9 Å². The molecule has 0 radical (unpaired) electrons. The summed E-state index contributed by atoms with van der Waals surface area (Å²) in [4.78, 5) is 16.0. The van der Waals surface area contributed by atoms with Gasteiger partial charge in [-0.2, -0.15) is 0 Å². The fraction of sp³-hybridized carbons (Fsp3) is 0.917. The Bertz CT molecular complexity index is 267. The van der Waals surface area contributed by atoms with Gasteiger partial charge in [0.25, 0.3) is 0 Å². The number of carbonyl (C=O) groups is 1. The van der Waals surface area contributed by atoms with Crippen LogP contribution in [0.4, 0.5) is 0 Å². The van der Waals surface area contributed by atoms with Crippen LogP contribution in [-0.4, -0.2) is 60.5 Å². The van der Waals surface area contributed by atoms with Crippen LogP contribution in [-0.2, 0) is 4.79 Å².